The summed E-state index contributed by atoms with van der Waals surface area (Å²) >= 11 is 1.40. The minimum Gasteiger partial charge on any atom is -0.464 e. The van der Waals surface area contributed by atoms with Crippen molar-refractivity contribution in [3.05, 3.63) is 70.8 Å². The zero-order chi connectivity index (χ0) is 48.6. The van der Waals surface area contributed by atoms with Crippen LogP contribution in [0, 0.1) is 11.3 Å². The summed E-state index contributed by atoms with van der Waals surface area (Å²) in [6.45, 7) is 18.0. The lowest BCUT2D eigenvalue weighted by Crippen LogP contribution is -2.62. The van der Waals surface area contributed by atoms with Crippen molar-refractivity contribution in [2.45, 2.75) is 110 Å². The van der Waals surface area contributed by atoms with E-state index in [0.717, 1.165) is 44.7 Å². The van der Waals surface area contributed by atoms with E-state index in [4.69, 9.17) is 24.2 Å². The molecule has 4 aromatic rings. The lowest BCUT2D eigenvalue weighted by Gasteiger charge is -2.37. The van der Waals surface area contributed by atoms with Gasteiger partial charge in [0.2, 0.25) is 11.8 Å². The van der Waals surface area contributed by atoms with Crippen LogP contribution in [0.2, 0.25) is 0 Å². The van der Waals surface area contributed by atoms with E-state index < -0.39 is 47.4 Å². The van der Waals surface area contributed by atoms with Gasteiger partial charge >= 0.3 is 12.0 Å². The Hall–Kier alpha value is -5.69. The number of esters is 1. The normalized spacial score (nSPS) is 22.9. The van der Waals surface area contributed by atoms with Gasteiger partial charge in [0.05, 0.1) is 60.1 Å². The molecule has 3 saturated heterocycles. The number of morpholine rings is 1. The van der Waals surface area contributed by atoms with Crippen LogP contribution in [0.15, 0.2) is 54.6 Å². The number of aromatic nitrogens is 3. The molecule has 4 aliphatic rings. The van der Waals surface area contributed by atoms with Gasteiger partial charge in [-0.3, -0.25) is 29.2 Å². The molecule has 0 spiro atoms. The highest BCUT2D eigenvalue weighted by atomic mass is 32.1. The lowest BCUT2D eigenvalue weighted by molar-refractivity contribution is -0.155. The number of carbonyl (C=O) groups excluding carboxylic acids is 5. The largest absolute Gasteiger partial charge is 0.464 e. The van der Waals surface area contributed by atoms with Gasteiger partial charge in [0.25, 0.3) is 5.91 Å². The van der Waals surface area contributed by atoms with Gasteiger partial charge in [-0.15, -0.1) is 11.3 Å². The van der Waals surface area contributed by atoms with Gasteiger partial charge in [-0.2, -0.15) is 0 Å². The average Bonchev–Trinajstić information content (AvgIpc) is 4.07. The van der Waals surface area contributed by atoms with Gasteiger partial charge in [-0.05, 0) is 74.9 Å². The SMILES string of the molecule is C=CC(=O)N1CCO[C@H]2CN(C(=O)N(C)[C@H](C(=O)N[C@H]3Cc4nc(cs4)-c4ccc5c(c4)c(c(-c4cccnc4[C@H](C)OC)n5CC)CC(C)(C)COC(=O)[C@@H]4CCCN(N4)C3=O)C(C)C)C[C@@H]21. The van der Waals surface area contributed by atoms with E-state index in [1.165, 1.54) is 27.3 Å². The van der Waals surface area contributed by atoms with Gasteiger partial charge in [0.1, 0.15) is 18.1 Å². The molecule has 0 radical (unpaired) electrons. The fourth-order valence-electron chi connectivity index (χ4n) is 10.3. The molecular formula is C50H65N9O8S. The van der Waals surface area contributed by atoms with E-state index in [2.05, 4.69) is 66.9 Å². The number of carbonyl (C=O) groups is 5. The number of likely N-dealkylation sites (tertiary alicyclic amines) is 1. The highest BCUT2D eigenvalue weighted by Gasteiger charge is 2.46. The number of pyridine rings is 1. The van der Waals surface area contributed by atoms with E-state index in [1.807, 2.05) is 32.2 Å². The Morgan fingerprint density at radius 2 is 1.94 bits per heavy atom. The van der Waals surface area contributed by atoms with Gasteiger partial charge in [0.15, 0.2) is 0 Å². The molecule has 364 valence electrons. The van der Waals surface area contributed by atoms with Crippen molar-refractivity contribution in [2.75, 3.05) is 53.6 Å². The smallest absolute Gasteiger partial charge is 0.324 e. The molecule has 0 aliphatic carbocycles. The number of hydrogen-bond donors (Lipinski definition) is 2. The Labute approximate surface area is 402 Å². The van der Waals surface area contributed by atoms with E-state index >= 15 is 0 Å². The molecule has 3 fully saturated rings. The number of hydrazine groups is 1. The van der Waals surface area contributed by atoms with Crippen LogP contribution in [0.25, 0.3) is 33.4 Å². The van der Waals surface area contributed by atoms with Crippen LogP contribution >= 0.6 is 11.3 Å². The number of fused-ring (bicyclic) bond motifs is 7. The number of likely N-dealkylation sites (N-methyl/N-ethyl adjacent to an activating group) is 1. The first kappa shape index (κ1) is 48.8. The zero-order valence-corrected chi connectivity index (χ0v) is 41.3. The molecule has 18 heteroatoms. The maximum absolute atomic E-state index is 14.7. The molecule has 68 heavy (non-hydrogen) atoms. The van der Waals surface area contributed by atoms with Crippen LogP contribution in [0.4, 0.5) is 4.79 Å². The lowest BCUT2D eigenvalue weighted by atomic mass is 9.84. The number of urea groups is 1. The number of benzene rings is 1. The molecule has 1 aromatic carbocycles. The third-order valence-electron chi connectivity index (χ3n) is 13.8. The maximum atomic E-state index is 14.7. The number of amides is 5. The third-order valence-corrected chi connectivity index (χ3v) is 14.7. The highest BCUT2D eigenvalue weighted by molar-refractivity contribution is 7.10. The van der Waals surface area contributed by atoms with Crippen molar-refractivity contribution in [3.63, 3.8) is 0 Å². The molecule has 17 nitrogen and oxygen atoms in total. The van der Waals surface area contributed by atoms with Crippen molar-refractivity contribution in [1.29, 1.82) is 0 Å². The van der Waals surface area contributed by atoms with Gasteiger partial charge < -0.3 is 38.8 Å². The number of aryl methyl sites for hydroxylation is 1. The number of rotatable bonds is 9. The maximum Gasteiger partial charge on any atom is 0.324 e. The summed E-state index contributed by atoms with van der Waals surface area (Å²) < 4.78 is 20.2. The van der Waals surface area contributed by atoms with Crippen LogP contribution in [-0.2, 0) is 52.8 Å². The second-order valence-electron chi connectivity index (χ2n) is 19.5. The number of cyclic esters (lactones) is 1. The van der Waals surface area contributed by atoms with Crippen molar-refractivity contribution >= 4 is 52.0 Å². The third kappa shape index (κ3) is 9.65. The predicted octanol–water partition coefficient (Wildman–Crippen LogP) is 5.38. The Kier molecular flexibility index (Phi) is 14.4. The number of nitrogens with one attached hydrogen (secondary N) is 2. The molecule has 6 atom stereocenters. The van der Waals surface area contributed by atoms with Crippen molar-refractivity contribution in [2.24, 2.45) is 11.3 Å². The highest BCUT2D eigenvalue weighted by Crippen LogP contribution is 2.42. The number of hydrogen-bond acceptors (Lipinski definition) is 12. The summed E-state index contributed by atoms with van der Waals surface area (Å²) in [5, 5.41) is 8.08. The Bertz CT molecular complexity index is 2570. The molecule has 0 unspecified atom stereocenters. The van der Waals surface area contributed by atoms with Crippen LogP contribution in [-0.4, -0.2) is 148 Å². The monoisotopic (exact) mass is 951 g/mol. The van der Waals surface area contributed by atoms with Gasteiger partial charge in [-0.25, -0.2) is 15.2 Å². The zero-order valence-electron chi connectivity index (χ0n) is 40.5. The second kappa shape index (κ2) is 20.1. The Morgan fingerprint density at radius 1 is 1.15 bits per heavy atom. The second-order valence-corrected chi connectivity index (χ2v) is 20.4. The summed E-state index contributed by atoms with van der Waals surface area (Å²) in [7, 11) is 3.27. The van der Waals surface area contributed by atoms with Gasteiger partial charge in [0, 0.05) is 85.8 Å². The number of methoxy groups -OCH3 is 1. The fraction of sp³-hybridized carbons (Fsp3) is 0.540. The molecule has 6 bridgehead atoms. The number of nitrogens with zero attached hydrogens (tertiary/aromatic N) is 7. The van der Waals surface area contributed by atoms with E-state index in [-0.39, 0.29) is 56.2 Å². The van der Waals surface area contributed by atoms with Gasteiger partial charge in [-0.1, -0.05) is 40.3 Å². The Morgan fingerprint density at radius 3 is 2.68 bits per heavy atom. The van der Waals surface area contributed by atoms with Crippen LogP contribution in [0.5, 0.6) is 0 Å². The Balaban J connectivity index is 1.14. The number of thiazole rings is 1. The van der Waals surface area contributed by atoms with Crippen LogP contribution < -0.4 is 10.7 Å². The molecule has 5 amide bonds. The summed E-state index contributed by atoms with van der Waals surface area (Å²) in [4.78, 5) is 84.7. The van der Waals surface area contributed by atoms with Crippen molar-refractivity contribution in [1.82, 2.24) is 45.0 Å². The molecule has 0 saturated carbocycles. The molecule has 4 aliphatic heterocycles. The summed E-state index contributed by atoms with van der Waals surface area (Å²) in [5.41, 5.74) is 9.22. The first-order valence-corrected chi connectivity index (χ1v) is 24.6. The first-order chi connectivity index (χ1) is 32.5. The summed E-state index contributed by atoms with van der Waals surface area (Å²) in [6.07, 6.45) is 4.05. The standard InChI is InChI=1S/C50H65N9O8S/c1-10-42(60)58-20-21-66-40-26-56(25-39(40)58)49(64)55(8)44(29(3)4)46(61)53-36-23-41-52-37(27-68-41)31-16-17-38-33(22-31)34(45(57(38)11-2)32-14-12-18-51-43(32)30(5)65-9)24-50(6,7)28-67-48(63)35-15-13-19-59(54-35)47(36)62/h10,12,14,16-18,22,27,29-30,35-36,39-40,44,54H,1,11,13,15,19-21,23-26,28H2,2-9H3,(H,53,61)/t30-,35-,36-,39-,40-,44-/m0/s1. The van der Waals surface area contributed by atoms with Crippen LogP contribution in [0.1, 0.15) is 76.8 Å². The van der Waals surface area contributed by atoms with E-state index in [9.17, 15) is 24.0 Å². The van der Waals surface area contributed by atoms with Crippen molar-refractivity contribution in [3.8, 4) is 22.5 Å². The topological polar surface area (TPSA) is 181 Å². The molecular weight excluding hydrogens is 887 g/mol. The molecule has 2 N–H and O–H groups in total. The number of ether oxygens (including phenoxy) is 3. The fourth-order valence-corrected chi connectivity index (χ4v) is 11.2. The van der Waals surface area contributed by atoms with E-state index in [0.29, 0.717) is 50.5 Å². The quantitative estimate of drug-likeness (QED) is 0.163. The molecule has 7 heterocycles. The minimum atomic E-state index is -1.11. The molecule has 3 aromatic heterocycles. The van der Waals surface area contributed by atoms with E-state index in [1.54, 1.807) is 30.2 Å². The minimum absolute atomic E-state index is 0.0600. The van der Waals surface area contributed by atoms with Crippen molar-refractivity contribution < 1.29 is 38.2 Å². The summed E-state index contributed by atoms with van der Waals surface area (Å²) in [5.74, 6) is -1.98. The first-order valence-electron chi connectivity index (χ1n) is 23.7. The molecule has 8 rings (SSSR count). The predicted molar refractivity (Wildman–Crippen MR) is 258 cm³/mol. The van der Waals surface area contributed by atoms with Crippen LogP contribution in [0.3, 0.4) is 0 Å². The average molecular weight is 952 g/mol. The summed E-state index contributed by atoms with van der Waals surface area (Å²) in [6, 6.07) is 6.80.